The maximum Gasteiger partial charge on any atom is 0.0197 e. The first-order valence-corrected chi connectivity index (χ1v) is 5.06. The van der Waals surface area contributed by atoms with Gasteiger partial charge < -0.3 is 0 Å². The van der Waals surface area contributed by atoms with E-state index in [2.05, 4.69) is 41.2 Å². The largest absolute Gasteiger partial charge is 0.143 e. The number of hydrogen-bond donors (Lipinski definition) is 2. The Balaban J connectivity index is 0.000000461. The molecule has 62 valence electrons. The summed E-state index contributed by atoms with van der Waals surface area (Å²) in [6, 6.07) is 5.72. The van der Waals surface area contributed by atoms with Crippen molar-refractivity contribution in [3.8, 4) is 0 Å². The molecule has 1 aromatic rings. The lowest BCUT2D eigenvalue weighted by Gasteiger charge is -1.94. The van der Waals surface area contributed by atoms with Crippen LogP contribution in [0.4, 0.5) is 0 Å². The highest BCUT2D eigenvalue weighted by molar-refractivity contribution is 9.10. The van der Waals surface area contributed by atoms with Crippen molar-refractivity contribution in [3.63, 3.8) is 0 Å². The maximum atomic E-state index is 4.14. The van der Waals surface area contributed by atoms with E-state index >= 15 is 0 Å². The second-order valence-electron chi connectivity index (χ2n) is 1.67. The third-order valence-corrected chi connectivity index (χ3v) is 1.84. The Kier molecular flexibility index (Phi) is 6.19. The van der Waals surface area contributed by atoms with E-state index in [1.807, 2.05) is 32.0 Å². The Morgan fingerprint density at radius 2 is 1.36 bits per heavy atom. The first kappa shape index (κ1) is 11.4. The molecule has 3 heteroatoms. The molecule has 0 N–H and O–H groups in total. The number of hydrogen-bond acceptors (Lipinski definition) is 2. The number of rotatable bonds is 0. The number of thiol groups is 2. The topological polar surface area (TPSA) is 0 Å². The lowest BCUT2D eigenvalue weighted by atomic mass is 10.4. The Bertz CT molecular complexity index is 173. The molecule has 0 radical (unpaired) electrons. The van der Waals surface area contributed by atoms with Crippen LogP contribution in [0.25, 0.3) is 0 Å². The SMILES string of the molecule is CC.Sc1cc(S)cc(Br)c1. The van der Waals surface area contributed by atoms with Gasteiger partial charge in [0.05, 0.1) is 0 Å². The molecular weight excluding hydrogens is 240 g/mol. The van der Waals surface area contributed by atoms with Crippen molar-refractivity contribution in [1.82, 2.24) is 0 Å². The van der Waals surface area contributed by atoms with Crippen LogP contribution in [0.15, 0.2) is 32.5 Å². The summed E-state index contributed by atoms with van der Waals surface area (Å²) in [7, 11) is 0. The van der Waals surface area contributed by atoms with Crippen LogP contribution < -0.4 is 0 Å². The third-order valence-electron chi connectivity index (χ3n) is 0.867. The minimum absolute atomic E-state index is 0.925. The first-order chi connectivity index (χ1) is 5.18. The molecule has 0 aliphatic heterocycles. The first-order valence-electron chi connectivity index (χ1n) is 3.37. The summed E-state index contributed by atoms with van der Waals surface area (Å²) in [5.74, 6) is 0. The molecule has 0 aromatic heterocycles. The van der Waals surface area contributed by atoms with Crippen LogP contribution in [0.2, 0.25) is 0 Å². The Morgan fingerprint density at radius 3 is 1.64 bits per heavy atom. The van der Waals surface area contributed by atoms with E-state index in [9.17, 15) is 0 Å². The van der Waals surface area contributed by atoms with Crippen molar-refractivity contribution >= 4 is 41.2 Å². The normalized spacial score (nSPS) is 8.45. The molecule has 0 amide bonds. The van der Waals surface area contributed by atoms with Gasteiger partial charge in [-0.3, -0.25) is 0 Å². The van der Waals surface area contributed by atoms with Gasteiger partial charge in [0, 0.05) is 14.3 Å². The van der Waals surface area contributed by atoms with Crippen molar-refractivity contribution in [2.45, 2.75) is 23.6 Å². The minimum atomic E-state index is 0.925. The summed E-state index contributed by atoms with van der Waals surface area (Å²) in [5.41, 5.74) is 0. The van der Waals surface area contributed by atoms with E-state index in [0.29, 0.717) is 0 Å². The molecule has 1 aromatic carbocycles. The predicted octanol–water partition coefficient (Wildman–Crippen LogP) is 4.05. The fourth-order valence-electron chi connectivity index (χ4n) is 0.559. The molecule has 11 heavy (non-hydrogen) atoms. The number of benzene rings is 1. The Hall–Kier alpha value is 0.400. The zero-order valence-electron chi connectivity index (χ0n) is 6.50. The van der Waals surface area contributed by atoms with Crippen LogP contribution in [0.1, 0.15) is 13.8 Å². The van der Waals surface area contributed by atoms with Gasteiger partial charge in [0.15, 0.2) is 0 Å². The third kappa shape index (κ3) is 4.77. The van der Waals surface area contributed by atoms with Crippen LogP contribution in [0.3, 0.4) is 0 Å². The van der Waals surface area contributed by atoms with Crippen molar-refractivity contribution in [2.75, 3.05) is 0 Å². The average molecular weight is 251 g/mol. The molecule has 0 saturated carbocycles. The van der Waals surface area contributed by atoms with E-state index in [1.165, 1.54) is 0 Å². The minimum Gasteiger partial charge on any atom is -0.143 e. The summed E-state index contributed by atoms with van der Waals surface area (Å²) >= 11 is 11.6. The lowest BCUT2D eigenvalue weighted by Crippen LogP contribution is -1.68. The second-order valence-corrected chi connectivity index (χ2v) is 3.62. The molecule has 0 heterocycles. The standard InChI is InChI=1S/C6H5BrS2.C2H6/c7-4-1-5(8)3-6(9)2-4;1-2/h1-3,8-9H;1-2H3. The van der Waals surface area contributed by atoms with Crippen molar-refractivity contribution in [1.29, 1.82) is 0 Å². The van der Waals surface area contributed by atoms with Crippen LogP contribution in [-0.2, 0) is 0 Å². The van der Waals surface area contributed by atoms with Crippen LogP contribution in [0, 0.1) is 0 Å². The van der Waals surface area contributed by atoms with E-state index in [4.69, 9.17) is 0 Å². The second kappa shape index (κ2) is 5.98. The van der Waals surface area contributed by atoms with Crippen LogP contribution in [0.5, 0.6) is 0 Å². The molecule has 0 atom stereocenters. The zero-order valence-corrected chi connectivity index (χ0v) is 9.88. The van der Waals surface area contributed by atoms with Gasteiger partial charge in [0.25, 0.3) is 0 Å². The van der Waals surface area contributed by atoms with Gasteiger partial charge in [0.1, 0.15) is 0 Å². The quantitative estimate of drug-likeness (QED) is 0.638. The molecule has 0 bridgehead atoms. The molecule has 0 fully saturated rings. The molecule has 0 unspecified atom stereocenters. The van der Waals surface area contributed by atoms with E-state index < -0.39 is 0 Å². The molecule has 0 aliphatic carbocycles. The van der Waals surface area contributed by atoms with Crippen LogP contribution >= 0.6 is 41.2 Å². The molecule has 0 saturated heterocycles. The fraction of sp³-hybridized carbons (Fsp3) is 0.250. The highest BCUT2D eigenvalue weighted by atomic mass is 79.9. The van der Waals surface area contributed by atoms with Gasteiger partial charge >= 0.3 is 0 Å². The van der Waals surface area contributed by atoms with Gasteiger partial charge in [-0.1, -0.05) is 29.8 Å². The van der Waals surface area contributed by atoms with Gasteiger partial charge in [-0.25, -0.2) is 0 Å². The van der Waals surface area contributed by atoms with E-state index in [1.54, 1.807) is 0 Å². The molecule has 1 rings (SSSR count). The van der Waals surface area contributed by atoms with Gasteiger partial charge in [-0.2, -0.15) is 0 Å². The summed E-state index contributed by atoms with van der Waals surface area (Å²) in [5, 5.41) is 0. The van der Waals surface area contributed by atoms with Crippen molar-refractivity contribution in [3.05, 3.63) is 22.7 Å². The highest BCUT2D eigenvalue weighted by Gasteiger charge is 1.90. The van der Waals surface area contributed by atoms with Gasteiger partial charge in [-0.05, 0) is 18.2 Å². The molecule has 0 aliphatic rings. The molecular formula is C8H11BrS2. The van der Waals surface area contributed by atoms with Crippen molar-refractivity contribution < 1.29 is 0 Å². The summed E-state index contributed by atoms with van der Waals surface area (Å²) in [4.78, 5) is 1.85. The van der Waals surface area contributed by atoms with Crippen molar-refractivity contribution in [2.24, 2.45) is 0 Å². The number of halogens is 1. The van der Waals surface area contributed by atoms with E-state index in [-0.39, 0.29) is 0 Å². The molecule has 0 spiro atoms. The lowest BCUT2D eigenvalue weighted by molar-refractivity contribution is 1.32. The van der Waals surface area contributed by atoms with Gasteiger partial charge in [-0.15, -0.1) is 25.3 Å². The monoisotopic (exact) mass is 250 g/mol. The Labute approximate surface area is 87.3 Å². The Morgan fingerprint density at radius 1 is 1.00 bits per heavy atom. The van der Waals surface area contributed by atoms with E-state index in [0.717, 1.165) is 14.3 Å². The fourth-order valence-corrected chi connectivity index (χ4v) is 2.06. The summed E-state index contributed by atoms with van der Waals surface area (Å²) in [6.45, 7) is 4.00. The average Bonchev–Trinajstić information content (AvgIpc) is 1.88. The predicted molar refractivity (Wildman–Crippen MR) is 60.0 cm³/mol. The zero-order chi connectivity index (χ0) is 8.85. The van der Waals surface area contributed by atoms with Crippen LogP contribution in [-0.4, -0.2) is 0 Å². The molecule has 0 nitrogen and oxygen atoms in total. The summed E-state index contributed by atoms with van der Waals surface area (Å²) in [6.07, 6.45) is 0. The van der Waals surface area contributed by atoms with Gasteiger partial charge in [0.2, 0.25) is 0 Å². The smallest absolute Gasteiger partial charge is 0.0197 e. The summed E-state index contributed by atoms with van der Waals surface area (Å²) < 4.78 is 1.01. The maximum absolute atomic E-state index is 4.14. The highest BCUT2D eigenvalue weighted by Crippen LogP contribution is 2.19.